The van der Waals surface area contributed by atoms with Gasteiger partial charge in [-0.3, -0.25) is 0 Å². The van der Waals surface area contributed by atoms with Gasteiger partial charge in [-0.2, -0.15) is 4.73 Å². The Hall–Kier alpha value is -1.57. The Labute approximate surface area is 96.1 Å². The Bertz CT molecular complexity index is 505. The van der Waals surface area contributed by atoms with E-state index in [1.54, 1.807) is 6.20 Å². The van der Waals surface area contributed by atoms with Crippen LogP contribution in [0.4, 0.5) is 0 Å². The molecule has 0 saturated heterocycles. The predicted molar refractivity (Wildman–Crippen MR) is 66.2 cm³/mol. The Morgan fingerprint density at radius 1 is 1.06 bits per heavy atom. The molecule has 2 aromatic rings. The van der Waals surface area contributed by atoms with Crippen LogP contribution in [-0.2, 0) is 0 Å². The maximum Gasteiger partial charge on any atom is 0.224 e. The second-order valence-corrected chi connectivity index (χ2v) is 4.65. The van der Waals surface area contributed by atoms with Crippen molar-refractivity contribution >= 4 is 10.9 Å². The van der Waals surface area contributed by atoms with E-state index in [0.29, 0.717) is 11.8 Å². The van der Waals surface area contributed by atoms with E-state index in [1.165, 1.54) is 5.56 Å². The number of hydrogen-bond acceptors (Lipinski definition) is 1. The molecule has 0 N–H and O–H groups in total. The van der Waals surface area contributed by atoms with Gasteiger partial charge in [-0.05, 0) is 23.5 Å². The molecule has 0 aliphatic carbocycles. The molecule has 0 amide bonds. The molecule has 84 valence electrons. The number of rotatable bonds is 2. The normalized spacial score (nSPS) is 13.2. The van der Waals surface area contributed by atoms with Crippen molar-refractivity contribution in [3.8, 4) is 0 Å². The van der Waals surface area contributed by atoms with Crippen LogP contribution in [0.5, 0.6) is 0 Å². The van der Waals surface area contributed by atoms with Crippen LogP contribution in [0.15, 0.2) is 36.5 Å². The summed E-state index contributed by atoms with van der Waals surface area (Å²) in [6, 6.07) is 9.73. The molecule has 0 fully saturated rings. The van der Waals surface area contributed by atoms with E-state index >= 15 is 0 Å². The highest BCUT2D eigenvalue weighted by atomic mass is 16.5. The Kier molecular flexibility index (Phi) is 2.82. The van der Waals surface area contributed by atoms with Crippen LogP contribution in [-0.4, -0.2) is 0 Å². The first kappa shape index (κ1) is 10.9. The first-order valence-electron chi connectivity index (χ1n) is 5.72. The maximum atomic E-state index is 11.6. The molecule has 0 aliphatic heterocycles. The minimum atomic E-state index is 0.464. The molecular formula is C14H17NO. The van der Waals surface area contributed by atoms with Crippen LogP contribution in [0, 0.1) is 11.1 Å². The van der Waals surface area contributed by atoms with E-state index < -0.39 is 0 Å². The molecule has 1 atom stereocenters. The zero-order valence-corrected chi connectivity index (χ0v) is 9.97. The van der Waals surface area contributed by atoms with Gasteiger partial charge in [-0.25, -0.2) is 0 Å². The average molecular weight is 215 g/mol. The summed E-state index contributed by atoms with van der Waals surface area (Å²) in [6.45, 7) is 6.62. The third kappa shape index (κ3) is 1.75. The summed E-state index contributed by atoms with van der Waals surface area (Å²) < 4.78 is 0.936. The fourth-order valence-corrected chi connectivity index (χ4v) is 1.98. The third-order valence-corrected chi connectivity index (χ3v) is 3.33. The minimum absolute atomic E-state index is 0.464. The molecule has 2 nitrogen and oxygen atoms in total. The van der Waals surface area contributed by atoms with Crippen molar-refractivity contribution in [2.24, 2.45) is 5.92 Å². The molecule has 1 heterocycles. The smallest absolute Gasteiger partial charge is 0.224 e. The largest absolute Gasteiger partial charge is 0.618 e. The molecule has 0 radical (unpaired) electrons. The summed E-state index contributed by atoms with van der Waals surface area (Å²) in [6.07, 6.45) is 1.61. The lowest BCUT2D eigenvalue weighted by Gasteiger charge is -2.17. The van der Waals surface area contributed by atoms with Crippen LogP contribution < -0.4 is 4.73 Å². The van der Waals surface area contributed by atoms with Gasteiger partial charge in [-0.1, -0.05) is 32.9 Å². The Morgan fingerprint density at radius 2 is 1.75 bits per heavy atom. The Morgan fingerprint density at radius 3 is 2.44 bits per heavy atom. The maximum absolute atomic E-state index is 11.6. The van der Waals surface area contributed by atoms with Crippen LogP contribution in [0.25, 0.3) is 10.9 Å². The lowest BCUT2D eigenvalue weighted by Crippen LogP contribution is -2.26. The van der Waals surface area contributed by atoms with Gasteiger partial charge in [0.2, 0.25) is 5.52 Å². The van der Waals surface area contributed by atoms with Crippen molar-refractivity contribution in [3.63, 3.8) is 0 Å². The van der Waals surface area contributed by atoms with E-state index in [2.05, 4.69) is 20.8 Å². The molecule has 0 bridgehead atoms. The second-order valence-electron chi connectivity index (χ2n) is 4.65. The van der Waals surface area contributed by atoms with Crippen molar-refractivity contribution in [3.05, 3.63) is 47.3 Å². The van der Waals surface area contributed by atoms with Gasteiger partial charge in [0.1, 0.15) is 0 Å². The fraction of sp³-hybridized carbons (Fsp3) is 0.357. The molecule has 0 aliphatic rings. The van der Waals surface area contributed by atoms with Crippen LogP contribution in [0.3, 0.4) is 0 Å². The number of aromatic nitrogens is 1. The molecular weight excluding hydrogens is 198 g/mol. The van der Waals surface area contributed by atoms with Gasteiger partial charge in [0, 0.05) is 12.1 Å². The van der Waals surface area contributed by atoms with Gasteiger partial charge >= 0.3 is 0 Å². The molecule has 1 unspecified atom stereocenters. The summed E-state index contributed by atoms with van der Waals surface area (Å²) in [5.74, 6) is 1.04. The van der Waals surface area contributed by atoms with Gasteiger partial charge in [0.25, 0.3) is 0 Å². The van der Waals surface area contributed by atoms with E-state index in [-0.39, 0.29) is 0 Å². The number of nitrogens with zero attached hydrogens (tertiary/aromatic N) is 1. The first-order chi connectivity index (χ1) is 7.61. The van der Waals surface area contributed by atoms with Crippen LogP contribution in [0.2, 0.25) is 0 Å². The topological polar surface area (TPSA) is 26.9 Å². The minimum Gasteiger partial charge on any atom is -0.618 e. The summed E-state index contributed by atoms with van der Waals surface area (Å²) in [5.41, 5.74) is 2.02. The van der Waals surface area contributed by atoms with Gasteiger partial charge < -0.3 is 5.21 Å². The molecule has 0 spiro atoms. The number of pyridine rings is 1. The summed E-state index contributed by atoms with van der Waals surface area (Å²) in [4.78, 5) is 0. The van der Waals surface area contributed by atoms with Crippen LogP contribution >= 0.6 is 0 Å². The zero-order chi connectivity index (χ0) is 11.7. The standard InChI is InChI=1S/C14H17NO/c1-10(2)11(3)12-8-9-15(16)14-7-5-4-6-13(12)14/h4-11H,1-3H3. The van der Waals surface area contributed by atoms with Crippen molar-refractivity contribution in [1.29, 1.82) is 0 Å². The van der Waals surface area contributed by atoms with Gasteiger partial charge in [0.15, 0.2) is 6.20 Å². The van der Waals surface area contributed by atoms with E-state index in [9.17, 15) is 5.21 Å². The molecule has 1 aromatic heterocycles. The second kappa shape index (κ2) is 4.12. The van der Waals surface area contributed by atoms with Crippen molar-refractivity contribution < 1.29 is 4.73 Å². The number of hydrogen-bond donors (Lipinski definition) is 0. The fourth-order valence-electron chi connectivity index (χ4n) is 1.98. The number of benzene rings is 1. The number of para-hydroxylation sites is 1. The van der Waals surface area contributed by atoms with Gasteiger partial charge in [0.05, 0.1) is 5.39 Å². The van der Waals surface area contributed by atoms with E-state index in [1.807, 2.05) is 30.3 Å². The molecule has 1 aromatic carbocycles. The Balaban J connectivity index is 2.67. The highest BCUT2D eigenvalue weighted by Gasteiger charge is 2.16. The highest BCUT2D eigenvalue weighted by molar-refractivity contribution is 5.79. The highest BCUT2D eigenvalue weighted by Crippen LogP contribution is 2.28. The van der Waals surface area contributed by atoms with Gasteiger partial charge in [-0.15, -0.1) is 0 Å². The summed E-state index contributed by atoms with van der Waals surface area (Å²) in [7, 11) is 0. The van der Waals surface area contributed by atoms with Crippen molar-refractivity contribution in [1.82, 2.24) is 0 Å². The van der Waals surface area contributed by atoms with Crippen molar-refractivity contribution in [2.45, 2.75) is 26.7 Å². The number of fused-ring (bicyclic) bond motifs is 1. The quantitative estimate of drug-likeness (QED) is 0.558. The first-order valence-corrected chi connectivity index (χ1v) is 5.72. The van der Waals surface area contributed by atoms with Crippen LogP contribution in [0.1, 0.15) is 32.3 Å². The lowest BCUT2D eigenvalue weighted by molar-refractivity contribution is -0.577. The summed E-state index contributed by atoms with van der Waals surface area (Å²) in [5, 5.41) is 12.7. The third-order valence-electron chi connectivity index (χ3n) is 3.33. The summed E-state index contributed by atoms with van der Waals surface area (Å²) >= 11 is 0. The van der Waals surface area contributed by atoms with E-state index in [4.69, 9.17) is 0 Å². The SMILES string of the molecule is CC(C)C(C)c1cc[n+]([O-])c2ccccc12. The predicted octanol–water partition coefficient (Wildman–Crippen LogP) is 3.23. The van der Waals surface area contributed by atoms with E-state index in [0.717, 1.165) is 15.6 Å². The molecule has 16 heavy (non-hydrogen) atoms. The monoisotopic (exact) mass is 215 g/mol. The van der Waals surface area contributed by atoms with Crippen molar-refractivity contribution in [2.75, 3.05) is 0 Å². The lowest BCUT2D eigenvalue weighted by atomic mass is 9.88. The molecule has 2 rings (SSSR count). The molecule has 0 saturated carbocycles. The molecule has 2 heteroatoms. The average Bonchev–Trinajstić information content (AvgIpc) is 2.29. The zero-order valence-electron chi connectivity index (χ0n) is 9.97.